The van der Waals surface area contributed by atoms with E-state index in [0.29, 0.717) is 16.9 Å². The van der Waals surface area contributed by atoms with Crippen LogP contribution >= 0.6 is 0 Å². The van der Waals surface area contributed by atoms with Gasteiger partial charge in [0.2, 0.25) is 11.7 Å². The maximum absolute atomic E-state index is 13.4. The fraction of sp³-hybridized carbons (Fsp3) is 0.192. The SMILES string of the molecule is COc1ccc(C2=C(C#N)C(=O)c3c2c(O)n(C(=O)OC(C)(C)C)c3-c2ccccc2)cc1. The van der Waals surface area contributed by atoms with Crippen LogP contribution in [0.2, 0.25) is 0 Å². The van der Waals surface area contributed by atoms with Crippen LogP contribution in [0.5, 0.6) is 11.6 Å². The Morgan fingerprint density at radius 1 is 1.00 bits per heavy atom. The molecule has 166 valence electrons. The van der Waals surface area contributed by atoms with Crippen molar-refractivity contribution in [2.75, 3.05) is 7.11 Å². The first-order chi connectivity index (χ1) is 15.7. The third kappa shape index (κ3) is 3.66. The first-order valence-corrected chi connectivity index (χ1v) is 10.3. The number of ether oxygens (including phenoxy) is 2. The standard InChI is InChI=1S/C26H22N2O5/c1-26(2,3)33-25(31)28-22(16-8-6-5-7-9-16)21-20(24(28)30)19(18(14-27)23(21)29)15-10-12-17(32-4)13-11-15/h5-13,30H,1-4H3. The Bertz CT molecular complexity index is 1330. The third-order valence-corrected chi connectivity index (χ3v) is 5.21. The number of aromatic hydroxyl groups is 1. The van der Waals surface area contributed by atoms with Crippen LogP contribution in [0.1, 0.15) is 42.3 Å². The monoisotopic (exact) mass is 442 g/mol. The van der Waals surface area contributed by atoms with Crippen molar-refractivity contribution < 1.29 is 24.2 Å². The summed E-state index contributed by atoms with van der Waals surface area (Å²) in [4.78, 5) is 26.6. The van der Waals surface area contributed by atoms with E-state index in [9.17, 15) is 20.0 Å². The number of ketones is 1. The first kappa shape index (κ1) is 21.9. The van der Waals surface area contributed by atoms with E-state index < -0.39 is 23.4 Å². The Hall–Kier alpha value is -4.31. The Kier molecular flexibility index (Phi) is 5.30. The lowest BCUT2D eigenvalue weighted by molar-refractivity contribution is 0.0528. The van der Waals surface area contributed by atoms with Crippen molar-refractivity contribution in [3.63, 3.8) is 0 Å². The van der Waals surface area contributed by atoms with Gasteiger partial charge in [0.15, 0.2) is 0 Å². The van der Waals surface area contributed by atoms with Gasteiger partial charge in [-0.15, -0.1) is 0 Å². The number of Topliss-reactive ketones (excluding diaryl/α,β-unsaturated/α-hetero) is 1. The van der Waals surface area contributed by atoms with Gasteiger partial charge in [-0.05, 0) is 44.0 Å². The van der Waals surface area contributed by atoms with Gasteiger partial charge in [0.25, 0.3) is 0 Å². The van der Waals surface area contributed by atoms with Crippen LogP contribution in [0.3, 0.4) is 0 Å². The fourth-order valence-corrected chi connectivity index (χ4v) is 3.89. The maximum atomic E-state index is 13.4. The van der Waals surface area contributed by atoms with Crippen molar-refractivity contribution >= 4 is 17.4 Å². The molecule has 0 radical (unpaired) electrons. The fourth-order valence-electron chi connectivity index (χ4n) is 3.89. The summed E-state index contributed by atoms with van der Waals surface area (Å²) in [5.74, 6) is -0.416. The predicted molar refractivity (Wildman–Crippen MR) is 122 cm³/mol. The van der Waals surface area contributed by atoms with E-state index in [0.717, 1.165) is 4.57 Å². The Morgan fingerprint density at radius 3 is 2.18 bits per heavy atom. The maximum Gasteiger partial charge on any atom is 0.421 e. The number of allylic oxidation sites excluding steroid dienone is 1. The lowest BCUT2D eigenvalue weighted by Gasteiger charge is -2.21. The highest BCUT2D eigenvalue weighted by Gasteiger charge is 2.41. The van der Waals surface area contributed by atoms with Crippen LogP contribution in [0.25, 0.3) is 16.8 Å². The molecular formula is C26H22N2O5. The number of benzene rings is 2. The topological polar surface area (TPSA) is 102 Å². The molecule has 0 fully saturated rings. The number of carbonyl (C=O) groups is 2. The first-order valence-electron chi connectivity index (χ1n) is 10.3. The molecule has 0 spiro atoms. The Balaban J connectivity index is 2.03. The smallest absolute Gasteiger partial charge is 0.421 e. The minimum atomic E-state index is -0.831. The summed E-state index contributed by atoms with van der Waals surface area (Å²) in [6, 6.07) is 17.5. The van der Waals surface area contributed by atoms with E-state index in [4.69, 9.17) is 9.47 Å². The van der Waals surface area contributed by atoms with E-state index in [1.165, 1.54) is 7.11 Å². The summed E-state index contributed by atoms with van der Waals surface area (Å²) >= 11 is 0. The molecule has 2 aromatic carbocycles. The number of nitrogens with zero attached hydrogens (tertiary/aromatic N) is 2. The number of methoxy groups -OCH3 is 1. The van der Waals surface area contributed by atoms with Crippen molar-refractivity contribution in [2.45, 2.75) is 26.4 Å². The van der Waals surface area contributed by atoms with Gasteiger partial charge in [-0.2, -0.15) is 5.26 Å². The lowest BCUT2D eigenvalue weighted by atomic mass is 9.98. The number of hydrogen-bond donors (Lipinski definition) is 1. The number of nitriles is 1. The molecule has 0 atom stereocenters. The van der Waals surface area contributed by atoms with E-state index in [1.54, 1.807) is 75.4 Å². The van der Waals surface area contributed by atoms with Gasteiger partial charge in [-0.25, -0.2) is 9.36 Å². The van der Waals surface area contributed by atoms with Gasteiger partial charge in [0.1, 0.15) is 23.0 Å². The van der Waals surface area contributed by atoms with E-state index in [-0.39, 0.29) is 28.0 Å². The van der Waals surface area contributed by atoms with Crippen molar-refractivity contribution in [2.24, 2.45) is 0 Å². The summed E-state index contributed by atoms with van der Waals surface area (Å²) in [6.07, 6.45) is -0.825. The molecule has 7 nitrogen and oxygen atoms in total. The third-order valence-electron chi connectivity index (χ3n) is 5.21. The van der Waals surface area contributed by atoms with Crippen molar-refractivity contribution in [1.82, 2.24) is 4.57 Å². The molecule has 4 rings (SSSR count). The molecule has 0 saturated heterocycles. The normalized spacial score (nSPS) is 13.0. The molecule has 33 heavy (non-hydrogen) atoms. The van der Waals surface area contributed by atoms with E-state index in [2.05, 4.69) is 0 Å². The van der Waals surface area contributed by atoms with Gasteiger partial charge >= 0.3 is 6.09 Å². The number of fused-ring (bicyclic) bond motifs is 1. The van der Waals surface area contributed by atoms with Gasteiger partial charge in [0.05, 0.1) is 23.9 Å². The molecule has 0 saturated carbocycles. The highest BCUT2D eigenvalue weighted by atomic mass is 16.6. The van der Waals surface area contributed by atoms with Crippen LogP contribution < -0.4 is 4.74 Å². The van der Waals surface area contributed by atoms with Crippen LogP contribution in [0.4, 0.5) is 4.79 Å². The minimum absolute atomic E-state index is 0.0897. The molecule has 1 aromatic heterocycles. The Morgan fingerprint density at radius 2 is 1.64 bits per heavy atom. The molecule has 7 heteroatoms. The number of carbonyl (C=O) groups excluding carboxylic acids is 2. The summed E-state index contributed by atoms with van der Waals surface area (Å²) in [6.45, 7) is 5.13. The molecule has 1 aliphatic rings. The average Bonchev–Trinajstić information content (AvgIpc) is 3.25. The summed E-state index contributed by atoms with van der Waals surface area (Å²) < 4.78 is 11.7. The molecule has 1 heterocycles. The molecule has 0 amide bonds. The lowest BCUT2D eigenvalue weighted by Crippen LogP contribution is -2.27. The van der Waals surface area contributed by atoms with Crippen LogP contribution in [0.15, 0.2) is 60.2 Å². The molecule has 0 aliphatic heterocycles. The van der Waals surface area contributed by atoms with E-state index in [1.807, 2.05) is 6.07 Å². The quantitative estimate of drug-likeness (QED) is 0.600. The second-order valence-corrected chi connectivity index (χ2v) is 8.52. The highest BCUT2D eigenvalue weighted by Crippen LogP contribution is 2.48. The zero-order chi connectivity index (χ0) is 23.9. The highest BCUT2D eigenvalue weighted by molar-refractivity contribution is 6.28. The molecular weight excluding hydrogens is 420 g/mol. The average molecular weight is 442 g/mol. The van der Waals surface area contributed by atoms with E-state index >= 15 is 0 Å². The Labute approximate surface area is 191 Å². The zero-order valence-electron chi connectivity index (χ0n) is 18.7. The minimum Gasteiger partial charge on any atom is -0.497 e. The second-order valence-electron chi connectivity index (χ2n) is 8.52. The predicted octanol–water partition coefficient (Wildman–Crippen LogP) is 5.17. The van der Waals surface area contributed by atoms with Gasteiger partial charge in [-0.3, -0.25) is 4.79 Å². The summed E-state index contributed by atoms with van der Waals surface area (Å²) in [5, 5.41) is 21.1. The van der Waals surface area contributed by atoms with Gasteiger partial charge < -0.3 is 14.6 Å². The van der Waals surface area contributed by atoms with Crippen molar-refractivity contribution in [3.8, 4) is 29.0 Å². The van der Waals surface area contributed by atoms with Crippen molar-refractivity contribution in [3.05, 3.63) is 76.9 Å². The molecule has 1 aliphatic carbocycles. The summed E-state index contributed by atoms with van der Waals surface area (Å²) in [5.41, 5.74) is 0.795. The van der Waals surface area contributed by atoms with Crippen LogP contribution in [-0.2, 0) is 4.74 Å². The molecule has 0 bridgehead atoms. The number of aromatic nitrogens is 1. The van der Waals surface area contributed by atoms with Gasteiger partial charge in [0, 0.05) is 5.57 Å². The van der Waals surface area contributed by atoms with Crippen LogP contribution in [0, 0.1) is 11.3 Å². The van der Waals surface area contributed by atoms with Gasteiger partial charge in [-0.1, -0.05) is 42.5 Å². The summed E-state index contributed by atoms with van der Waals surface area (Å²) in [7, 11) is 1.53. The molecule has 0 unspecified atom stereocenters. The second kappa shape index (κ2) is 7.99. The number of hydrogen-bond acceptors (Lipinski definition) is 6. The largest absolute Gasteiger partial charge is 0.497 e. The van der Waals surface area contributed by atoms with Crippen LogP contribution in [-0.4, -0.2) is 34.3 Å². The molecule has 1 N–H and O–H groups in total. The number of rotatable bonds is 3. The molecule has 3 aromatic rings. The van der Waals surface area contributed by atoms with Crippen molar-refractivity contribution in [1.29, 1.82) is 5.26 Å². The zero-order valence-corrected chi connectivity index (χ0v) is 18.7.